The first-order chi connectivity index (χ1) is 12.0. The number of nitrogens with one attached hydrogen (secondary N) is 2. The summed E-state index contributed by atoms with van der Waals surface area (Å²) in [4.78, 5) is 23.9. The van der Waals surface area contributed by atoms with Gasteiger partial charge in [-0.3, -0.25) is 9.59 Å². The summed E-state index contributed by atoms with van der Waals surface area (Å²) in [5, 5.41) is 6.57. The Balaban J connectivity index is 1.74. The molecule has 0 saturated carbocycles. The first-order valence-electron chi connectivity index (χ1n) is 8.20. The zero-order valence-corrected chi connectivity index (χ0v) is 14.4. The van der Waals surface area contributed by atoms with Crippen molar-refractivity contribution >= 4 is 28.4 Å². The van der Waals surface area contributed by atoms with Gasteiger partial charge in [0.05, 0.1) is 11.9 Å². The van der Waals surface area contributed by atoms with E-state index in [1.807, 2.05) is 66.2 Å². The van der Waals surface area contributed by atoms with E-state index in [1.54, 1.807) is 7.05 Å². The molecule has 5 nitrogen and oxygen atoms in total. The number of amides is 2. The van der Waals surface area contributed by atoms with Crippen LogP contribution in [0, 0.1) is 6.92 Å². The van der Waals surface area contributed by atoms with Crippen LogP contribution in [0.25, 0.3) is 10.9 Å². The lowest BCUT2D eigenvalue weighted by Gasteiger charge is -2.08. The maximum absolute atomic E-state index is 12.3. The number of hydrogen-bond acceptors (Lipinski definition) is 2. The quantitative estimate of drug-likeness (QED) is 0.753. The van der Waals surface area contributed by atoms with Gasteiger partial charge >= 0.3 is 0 Å². The molecule has 3 aromatic rings. The van der Waals surface area contributed by atoms with Gasteiger partial charge in [-0.15, -0.1) is 0 Å². The predicted octanol–water partition coefficient (Wildman–Crippen LogP) is 2.88. The Morgan fingerprint density at radius 2 is 1.76 bits per heavy atom. The number of aromatic nitrogens is 1. The van der Waals surface area contributed by atoms with Crippen molar-refractivity contribution in [1.29, 1.82) is 0 Å². The molecular weight excluding hydrogens is 314 g/mol. The van der Waals surface area contributed by atoms with Gasteiger partial charge in [0.2, 0.25) is 11.8 Å². The molecule has 0 aliphatic heterocycles. The summed E-state index contributed by atoms with van der Waals surface area (Å²) in [6.07, 6.45) is 2.20. The number of carbonyl (C=O) groups is 2. The van der Waals surface area contributed by atoms with E-state index in [1.165, 1.54) is 5.56 Å². The number of likely N-dealkylation sites (N-methyl/N-ethyl adjacent to an activating group) is 1. The summed E-state index contributed by atoms with van der Waals surface area (Å²) in [5.74, 6) is -0.126. The third kappa shape index (κ3) is 4.07. The van der Waals surface area contributed by atoms with E-state index in [9.17, 15) is 9.59 Å². The summed E-state index contributed by atoms with van der Waals surface area (Å²) in [6, 6.07) is 15.6. The Bertz CT molecular complexity index is 910. The number of benzene rings is 2. The van der Waals surface area contributed by atoms with Crippen molar-refractivity contribution in [3.8, 4) is 0 Å². The molecule has 0 unspecified atom stereocenters. The molecule has 128 valence electrons. The highest BCUT2D eigenvalue weighted by molar-refractivity contribution is 5.95. The van der Waals surface area contributed by atoms with E-state index < -0.39 is 0 Å². The molecule has 3 rings (SSSR count). The van der Waals surface area contributed by atoms with Crippen molar-refractivity contribution < 1.29 is 9.59 Å². The highest BCUT2D eigenvalue weighted by Gasteiger charge is 2.08. The molecule has 0 spiro atoms. The monoisotopic (exact) mass is 335 g/mol. The summed E-state index contributed by atoms with van der Waals surface area (Å²) < 4.78 is 1.86. The normalized spacial score (nSPS) is 10.6. The van der Waals surface area contributed by atoms with E-state index >= 15 is 0 Å². The Labute approximate surface area is 146 Å². The minimum Gasteiger partial charge on any atom is -0.358 e. The van der Waals surface area contributed by atoms with Crippen molar-refractivity contribution in [2.24, 2.45) is 0 Å². The lowest BCUT2D eigenvalue weighted by molar-refractivity contribution is -0.121. The van der Waals surface area contributed by atoms with E-state index in [0.717, 1.165) is 22.2 Å². The highest BCUT2D eigenvalue weighted by Crippen LogP contribution is 2.21. The highest BCUT2D eigenvalue weighted by atomic mass is 16.2. The molecule has 5 heteroatoms. The molecule has 0 radical (unpaired) electrons. The van der Waals surface area contributed by atoms with Crippen LogP contribution in [0.5, 0.6) is 0 Å². The number of nitrogens with zero attached hydrogens (tertiary/aromatic N) is 1. The average Bonchev–Trinajstić information content (AvgIpc) is 2.99. The summed E-state index contributed by atoms with van der Waals surface area (Å²) in [5.41, 5.74) is 3.79. The average molecular weight is 335 g/mol. The number of rotatable bonds is 5. The molecule has 0 aliphatic rings. The second-order valence-electron chi connectivity index (χ2n) is 6.10. The van der Waals surface area contributed by atoms with Crippen LogP contribution < -0.4 is 10.6 Å². The van der Waals surface area contributed by atoms with Gasteiger partial charge in [-0.1, -0.05) is 35.9 Å². The van der Waals surface area contributed by atoms with Gasteiger partial charge in [-0.2, -0.15) is 0 Å². The van der Waals surface area contributed by atoms with Crippen LogP contribution >= 0.6 is 0 Å². The SMILES string of the molecule is CNC(=O)Cn1ccc2ccc(NC(=O)Cc3ccc(C)cc3)cc21. The molecule has 0 aliphatic carbocycles. The Hall–Kier alpha value is -3.08. The molecule has 1 heterocycles. The van der Waals surface area contributed by atoms with Crippen molar-refractivity contribution in [2.75, 3.05) is 12.4 Å². The van der Waals surface area contributed by atoms with Crippen LogP contribution in [-0.2, 0) is 22.6 Å². The number of hydrogen-bond donors (Lipinski definition) is 2. The van der Waals surface area contributed by atoms with Gasteiger partial charge in [0.1, 0.15) is 6.54 Å². The molecule has 0 atom stereocenters. The first-order valence-corrected chi connectivity index (χ1v) is 8.20. The Kier molecular flexibility index (Phi) is 4.84. The zero-order chi connectivity index (χ0) is 17.8. The van der Waals surface area contributed by atoms with Crippen LogP contribution in [0.1, 0.15) is 11.1 Å². The molecule has 1 aromatic heterocycles. The largest absolute Gasteiger partial charge is 0.358 e. The topological polar surface area (TPSA) is 63.1 Å². The molecule has 2 amide bonds. The third-order valence-corrected chi connectivity index (χ3v) is 4.14. The molecule has 0 bridgehead atoms. The van der Waals surface area contributed by atoms with Crippen LogP contribution in [0.15, 0.2) is 54.7 Å². The van der Waals surface area contributed by atoms with Crippen molar-refractivity contribution in [2.45, 2.75) is 19.9 Å². The molecule has 25 heavy (non-hydrogen) atoms. The minimum atomic E-state index is -0.0636. The second kappa shape index (κ2) is 7.21. The molecule has 0 fully saturated rings. The van der Waals surface area contributed by atoms with Crippen molar-refractivity contribution in [3.63, 3.8) is 0 Å². The fourth-order valence-corrected chi connectivity index (χ4v) is 2.73. The zero-order valence-electron chi connectivity index (χ0n) is 14.4. The predicted molar refractivity (Wildman–Crippen MR) is 99.5 cm³/mol. The van der Waals surface area contributed by atoms with Crippen LogP contribution in [0.2, 0.25) is 0 Å². The van der Waals surface area contributed by atoms with Gasteiger partial charge < -0.3 is 15.2 Å². The van der Waals surface area contributed by atoms with E-state index in [0.29, 0.717) is 6.42 Å². The Morgan fingerprint density at radius 3 is 2.48 bits per heavy atom. The molecular formula is C20H21N3O2. The number of aryl methyl sites for hydroxylation is 1. The van der Waals surface area contributed by atoms with Gasteiger partial charge in [0, 0.05) is 18.9 Å². The number of carbonyl (C=O) groups excluding carboxylic acids is 2. The second-order valence-corrected chi connectivity index (χ2v) is 6.10. The van der Waals surface area contributed by atoms with Gasteiger partial charge in [0.25, 0.3) is 0 Å². The minimum absolute atomic E-state index is 0.0624. The maximum Gasteiger partial charge on any atom is 0.239 e. The summed E-state index contributed by atoms with van der Waals surface area (Å²) in [6.45, 7) is 2.27. The van der Waals surface area contributed by atoms with Crippen molar-refractivity contribution in [1.82, 2.24) is 9.88 Å². The number of anilines is 1. The van der Waals surface area contributed by atoms with Gasteiger partial charge in [-0.25, -0.2) is 0 Å². The maximum atomic E-state index is 12.3. The summed E-state index contributed by atoms with van der Waals surface area (Å²) >= 11 is 0. The fraction of sp³-hybridized carbons (Fsp3) is 0.200. The molecule has 2 aromatic carbocycles. The van der Waals surface area contributed by atoms with Crippen LogP contribution in [0.3, 0.4) is 0 Å². The molecule has 2 N–H and O–H groups in total. The fourth-order valence-electron chi connectivity index (χ4n) is 2.73. The third-order valence-electron chi connectivity index (χ3n) is 4.14. The Morgan fingerprint density at radius 1 is 1.00 bits per heavy atom. The standard InChI is InChI=1S/C20H21N3O2/c1-14-3-5-15(6-4-14)11-19(24)22-17-8-7-16-9-10-23(18(16)12-17)13-20(25)21-2/h3-10,12H,11,13H2,1-2H3,(H,21,25)(H,22,24). The lowest BCUT2D eigenvalue weighted by Crippen LogP contribution is -2.23. The van der Waals surface area contributed by atoms with Crippen molar-refractivity contribution in [3.05, 3.63) is 65.9 Å². The first kappa shape index (κ1) is 16.8. The lowest BCUT2D eigenvalue weighted by atomic mass is 10.1. The van der Waals surface area contributed by atoms with Crippen LogP contribution in [-0.4, -0.2) is 23.4 Å². The smallest absolute Gasteiger partial charge is 0.239 e. The van der Waals surface area contributed by atoms with Gasteiger partial charge in [-0.05, 0) is 36.1 Å². The van der Waals surface area contributed by atoms with Crippen LogP contribution in [0.4, 0.5) is 5.69 Å². The van der Waals surface area contributed by atoms with E-state index in [2.05, 4.69) is 10.6 Å². The van der Waals surface area contributed by atoms with Gasteiger partial charge in [0.15, 0.2) is 0 Å². The number of fused-ring (bicyclic) bond motifs is 1. The van der Waals surface area contributed by atoms with E-state index in [-0.39, 0.29) is 18.4 Å². The summed E-state index contributed by atoms with van der Waals surface area (Å²) in [7, 11) is 1.62. The van der Waals surface area contributed by atoms with E-state index in [4.69, 9.17) is 0 Å². The molecule has 0 saturated heterocycles.